The van der Waals surface area contributed by atoms with Crippen LogP contribution < -0.4 is 15.8 Å². The van der Waals surface area contributed by atoms with Crippen molar-refractivity contribution in [2.45, 2.75) is 6.92 Å². The predicted octanol–water partition coefficient (Wildman–Crippen LogP) is -0.271. The molecular weight excluding hydrogens is 144 g/mol. The first-order chi connectivity index (χ1) is 5.25. The number of nitrogens with one attached hydrogen (secondary N) is 1. The van der Waals surface area contributed by atoms with E-state index in [4.69, 9.17) is 5.73 Å². The second-order valence-electron chi connectivity index (χ2n) is 2.01. The van der Waals surface area contributed by atoms with Crippen molar-refractivity contribution in [3.8, 4) is 0 Å². The minimum atomic E-state index is -0.0385. The maximum absolute atomic E-state index is 11.0. The fourth-order valence-corrected chi connectivity index (χ4v) is 0.740. The molecule has 1 heterocycles. The van der Waals surface area contributed by atoms with Crippen molar-refractivity contribution >= 4 is 11.8 Å². The van der Waals surface area contributed by atoms with Crippen LogP contribution in [0.25, 0.3) is 0 Å². The van der Waals surface area contributed by atoms with Gasteiger partial charge in [-0.1, -0.05) is 0 Å². The molecule has 0 aromatic carbocycles. The summed E-state index contributed by atoms with van der Waals surface area (Å²) in [6.07, 6.45) is 1.49. The van der Waals surface area contributed by atoms with Gasteiger partial charge in [0.15, 0.2) is 5.82 Å². The number of anilines is 2. The molecule has 1 aromatic rings. The fourth-order valence-electron chi connectivity index (χ4n) is 0.740. The molecule has 3 N–H and O–H groups in total. The Morgan fingerprint density at radius 3 is 3.18 bits per heavy atom. The van der Waals surface area contributed by atoms with Gasteiger partial charge in [0.2, 0.25) is 0 Å². The van der Waals surface area contributed by atoms with Crippen LogP contribution in [0, 0.1) is 5.21 Å². The second-order valence-corrected chi connectivity index (χ2v) is 2.01. The Morgan fingerprint density at radius 2 is 2.55 bits per heavy atom. The molecule has 0 aliphatic rings. The molecule has 1 rings (SSSR count). The molecule has 5 nitrogen and oxygen atoms in total. The van der Waals surface area contributed by atoms with Gasteiger partial charge >= 0.3 is 5.95 Å². The Labute approximate surface area is 64.4 Å². The SMILES string of the molecule is CCNc1ccnc(N)[n+]1[O-]. The Morgan fingerprint density at radius 1 is 1.82 bits per heavy atom. The highest BCUT2D eigenvalue weighted by atomic mass is 16.5. The van der Waals surface area contributed by atoms with Crippen molar-refractivity contribution in [3.63, 3.8) is 0 Å². The summed E-state index contributed by atoms with van der Waals surface area (Å²) in [6.45, 7) is 2.59. The van der Waals surface area contributed by atoms with Crippen molar-refractivity contribution in [2.24, 2.45) is 0 Å². The number of aromatic nitrogens is 2. The molecule has 0 aliphatic carbocycles. The first-order valence-corrected chi connectivity index (χ1v) is 3.33. The standard InChI is InChI=1S/C6H10N4O/c1-2-8-5-3-4-9-6(7)10(5)11/h3-4,8H,2H2,1H3,(H2,7,9). The van der Waals surface area contributed by atoms with E-state index in [2.05, 4.69) is 10.3 Å². The summed E-state index contributed by atoms with van der Waals surface area (Å²) in [6, 6.07) is 1.58. The van der Waals surface area contributed by atoms with Crippen molar-refractivity contribution < 1.29 is 4.73 Å². The first kappa shape index (κ1) is 7.59. The zero-order valence-electron chi connectivity index (χ0n) is 6.24. The zero-order valence-corrected chi connectivity index (χ0v) is 6.24. The largest absolute Gasteiger partial charge is 0.754 e. The molecule has 0 fully saturated rings. The zero-order chi connectivity index (χ0) is 8.27. The monoisotopic (exact) mass is 154 g/mol. The van der Waals surface area contributed by atoms with Crippen molar-refractivity contribution in [2.75, 3.05) is 17.6 Å². The number of nitrogens with zero attached hydrogens (tertiary/aromatic N) is 2. The fraction of sp³-hybridized carbons (Fsp3) is 0.333. The second kappa shape index (κ2) is 3.05. The van der Waals surface area contributed by atoms with Crippen LogP contribution in [-0.2, 0) is 0 Å². The third-order valence-corrected chi connectivity index (χ3v) is 1.22. The number of hydrogen-bond acceptors (Lipinski definition) is 4. The lowest BCUT2D eigenvalue weighted by atomic mass is 10.5. The van der Waals surface area contributed by atoms with Gasteiger partial charge in [0.05, 0.1) is 6.20 Å². The average Bonchev–Trinajstić information content (AvgIpc) is 1.99. The Bertz CT molecular complexity index is 250. The van der Waals surface area contributed by atoms with Gasteiger partial charge in [-0.05, 0) is 6.92 Å². The van der Waals surface area contributed by atoms with Crippen molar-refractivity contribution in [3.05, 3.63) is 17.5 Å². The Balaban J connectivity index is 2.96. The molecule has 0 amide bonds. The van der Waals surface area contributed by atoms with Crippen LogP contribution >= 0.6 is 0 Å². The number of nitrogens with two attached hydrogens (primary N) is 1. The highest BCUT2D eigenvalue weighted by Crippen LogP contribution is 1.97. The molecular formula is C6H10N4O. The molecule has 60 valence electrons. The maximum Gasteiger partial charge on any atom is 0.343 e. The van der Waals surface area contributed by atoms with E-state index < -0.39 is 0 Å². The van der Waals surface area contributed by atoms with E-state index in [0.717, 1.165) is 0 Å². The van der Waals surface area contributed by atoms with Gasteiger partial charge in [0.1, 0.15) is 0 Å². The molecule has 0 spiro atoms. The van der Waals surface area contributed by atoms with Gasteiger partial charge < -0.3 is 16.3 Å². The van der Waals surface area contributed by atoms with Crippen LogP contribution in [0.4, 0.5) is 11.8 Å². The van der Waals surface area contributed by atoms with Gasteiger partial charge in [-0.25, -0.2) is 4.73 Å². The third-order valence-electron chi connectivity index (χ3n) is 1.22. The van der Waals surface area contributed by atoms with Crippen LogP contribution in [0.5, 0.6) is 0 Å². The molecule has 5 heteroatoms. The quantitative estimate of drug-likeness (QED) is 0.454. The molecule has 11 heavy (non-hydrogen) atoms. The van der Waals surface area contributed by atoms with Crippen LogP contribution in [0.3, 0.4) is 0 Å². The molecule has 0 atom stereocenters. The predicted molar refractivity (Wildman–Crippen MR) is 41.8 cm³/mol. The van der Waals surface area contributed by atoms with Gasteiger partial charge in [-0.15, -0.1) is 4.98 Å². The smallest absolute Gasteiger partial charge is 0.343 e. The van der Waals surface area contributed by atoms with E-state index in [1.807, 2.05) is 6.92 Å². The minimum Gasteiger partial charge on any atom is -0.754 e. The highest BCUT2D eigenvalue weighted by Gasteiger charge is 2.01. The number of hydrogen-bond donors (Lipinski definition) is 2. The van der Waals surface area contributed by atoms with E-state index in [9.17, 15) is 5.21 Å². The van der Waals surface area contributed by atoms with Crippen LogP contribution in [0.1, 0.15) is 6.92 Å². The van der Waals surface area contributed by atoms with Gasteiger partial charge in [0.25, 0.3) is 0 Å². The maximum atomic E-state index is 11.0. The lowest BCUT2D eigenvalue weighted by molar-refractivity contribution is -0.577. The van der Waals surface area contributed by atoms with Crippen molar-refractivity contribution in [1.29, 1.82) is 0 Å². The normalized spacial score (nSPS) is 9.55. The van der Waals surface area contributed by atoms with Crippen molar-refractivity contribution in [1.82, 2.24) is 4.98 Å². The van der Waals surface area contributed by atoms with E-state index >= 15 is 0 Å². The molecule has 0 saturated carbocycles. The molecule has 0 unspecified atom stereocenters. The van der Waals surface area contributed by atoms with E-state index in [-0.39, 0.29) is 5.95 Å². The lowest BCUT2D eigenvalue weighted by Gasteiger charge is -2.10. The van der Waals surface area contributed by atoms with Crippen LogP contribution in [0.15, 0.2) is 12.3 Å². The molecule has 0 saturated heterocycles. The summed E-state index contributed by atoms with van der Waals surface area (Å²) in [5.74, 6) is 0.392. The summed E-state index contributed by atoms with van der Waals surface area (Å²) in [7, 11) is 0. The minimum absolute atomic E-state index is 0.0385. The van der Waals surface area contributed by atoms with Crippen LogP contribution in [-0.4, -0.2) is 11.5 Å². The van der Waals surface area contributed by atoms with Crippen LogP contribution in [0.2, 0.25) is 0 Å². The number of rotatable bonds is 2. The topological polar surface area (TPSA) is 77.9 Å². The summed E-state index contributed by atoms with van der Waals surface area (Å²) in [5, 5.41) is 13.9. The lowest BCUT2D eigenvalue weighted by Crippen LogP contribution is -2.35. The summed E-state index contributed by atoms with van der Waals surface area (Å²) >= 11 is 0. The molecule has 0 aliphatic heterocycles. The molecule has 1 aromatic heterocycles. The summed E-state index contributed by atoms with van der Waals surface area (Å²) < 4.78 is 0.559. The molecule has 0 bridgehead atoms. The van der Waals surface area contributed by atoms with Gasteiger partial charge in [-0.2, -0.15) is 0 Å². The van der Waals surface area contributed by atoms with E-state index in [1.165, 1.54) is 6.20 Å². The first-order valence-electron chi connectivity index (χ1n) is 3.33. The Hall–Kier alpha value is -1.52. The van der Waals surface area contributed by atoms with E-state index in [1.54, 1.807) is 6.07 Å². The molecule has 0 radical (unpaired) electrons. The summed E-state index contributed by atoms with van der Waals surface area (Å²) in [5.41, 5.74) is 5.25. The Kier molecular flexibility index (Phi) is 2.10. The van der Waals surface area contributed by atoms with Gasteiger partial charge in [0, 0.05) is 12.6 Å². The third kappa shape index (κ3) is 1.49. The van der Waals surface area contributed by atoms with Gasteiger partial charge in [-0.3, -0.25) is 0 Å². The summed E-state index contributed by atoms with van der Waals surface area (Å²) in [4.78, 5) is 3.61. The van der Waals surface area contributed by atoms with E-state index in [0.29, 0.717) is 17.1 Å². The highest BCUT2D eigenvalue weighted by molar-refractivity contribution is 5.29. The average molecular weight is 154 g/mol. The number of nitrogen functional groups attached to an aromatic ring is 1.